The highest BCUT2D eigenvalue weighted by atomic mass is 79.9. The maximum atomic E-state index is 12.7. The van der Waals surface area contributed by atoms with Crippen LogP contribution in [0.2, 0.25) is 0 Å². The van der Waals surface area contributed by atoms with Crippen LogP contribution < -0.4 is 0 Å². The average molecular weight is 364 g/mol. The summed E-state index contributed by atoms with van der Waals surface area (Å²) in [7, 11) is -1.98. The molecule has 20 heavy (non-hydrogen) atoms. The van der Waals surface area contributed by atoms with E-state index in [2.05, 4.69) is 15.9 Å². The Bertz CT molecular complexity index is 572. The summed E-state index contributed by atoms with van der Waals surface area (Å²) >= 11 is 3.28. The molecule has 0 atom stereocenters. The number of hydrogen-bond acceptors (Lipinski definition) is 4. The molecule has 112 valence electrons. The van der Waals surface area contributed by atoms with Crippen LogP contribution >= 0.6 is 15.9 Å². The summed E-state index contributed by atoms with van der Waals surface area (Å²) in [5.41, 5.74) is 0.672. The fourth-order valence-corrected chi connectivity index (χ4v) is 4.78. The zero-order chi connectivity index (χ0) is 14.8. The number of rotatable bonds is 7. The number of aliphatic hydroxyl groups is 1. The Morgan fingerprint density at radius 1 is 1.45 bits per heavy atom. The van der Waals surface area contributed by atoms with Gasteiger partial charge in [-0.1, -0.05) is 6.07 Å². The quantitative estimate of drug-likeness (QED) is 0.801. The molecule has 1 N–H and O–H groups in total. The van der Waals surface area contributed by atoms with E-state index in [0.29, 0.717) is 23.2 Å². The van der Waals surface area contributed by atoms with E-state index in [1.54, 1.807) is 19.2 Å². The Hall–Kier alpha value is -0.470. The van der Waals surface area contributed by atoms with E-state index in [4.69, 9.17) is 9.84 Å². The monoisotopic (exact) mass is 363 g/mol. The van der Waals surface area contributed by atoms with Crippen LogP contribution in [0.3, 0.4) is 0 Å². The predicted molar refractivity (Wildman–Crippen MR) is 78.9 cm³/mol. The van der Waals surface area contributed by atoms with E-state index in [-0.39, 0.29) is 17.5 Å². The molecule has 2 rings (SSSR count). The van der Waals surface area contributed by atoms with Crippen molar-refractivity contribution in [3.05, 3.63) is 28.2 Å². The second kappa shape index (κ2) is 6.53. The molecule has 0 spiro atoms. The van der Waals surface area contributed by atoms with Gasteiger partial charge in [0.25, 0.3) is 0 Å². The lowest BCUT2D eigenvalue weighted by Crippen LogP contribution is -2.36. The molecular weight excluding hydrogens is 346 g/mol. The third-order valence-electron chi connectivity index (χ3n) is 3.24. The Kier molecular flexibility index (Phi) is 5.19. The number of sulfonamides is 1. The van der Waals surface area contributed by atoms with Gasteiger partial charge in [0.1, 0.15) is 0 Å². The molecule has 0 aliphatic heterocycles. The van der Waals surface area contributed by atoms with Crippen LogP contribution in [0.15, 0.2) is 27.6 Å². The molecule has 1 aliphatic carbocycles. The number of nitrogens with zero attached hydrogens (tertiary/aromatic N) is 1. The lowest BCUT2D eigenvalue weighted by molar-refractivity contribution is 0.177. The van der Waals surface area contributed by atoms with Crippen molar-refractivity contribution in [2.24, 2.45) is 0 Å². The van der Waals surface area contributed by atoms with Gasteiger partial charge in [-0.2, -0.15) is 4.31 Å². The molecule has 0 aromatic heterocycles. The summed E-state index contributed by atoms with van der Waals surface area (Å²) in [4.78, 5) is 0.234. The van der Waals surface area contributed by atoms with E-state index in [1.165, 1.54) is 10.4 Å². The van der Waals surface area contributed by atoms with Gasteiger partial charge in [0.2, 0.25) is 10.0 Å². The Balaban J connectivity index is 2.32. The van der Waals surface area contributed by atoms with E-state index in [0.717, 1.165) is 12.8 Å². The zero-order valence-corrected chi connectivity index (χ0v) is 13.7. The van der Waals surface area contributed by atoms with Gasteiger partial charge in [0.15, 0.2) is 0 Å². The van der Waals surface area contributed by atoms with Gasteiger partial charge in [-0.15, -0.1) is 0 Å². The smallest absolute Gasteiger partial charge is 0.244 e. The molecule has 1 fully saturated rings. The highest BCUT2D eigenvalue weighted by Gasteiger charge is 2.38. The Morgan fingerprint density at radius 3 is 2.65 bits per heavy atom. The van der Waals surface area contributed by atoms with Crippen molar-refractivity contribution >= 4 is 26.0 Å². The molecule has 5 nitrogen and oxygen atoms in total. The van der Waals surface area contributed by atoms with Gasteiger partial charge in [0.05, 0.1) is 18.1 Å². The summed E-state index contributed by atoms with van der Waals surface area (Å²) in [6, 6.07) is 4.88. The summed E-state index contributed by atoms with van der Waals surface area (Å²) < 4.78 is 32.4. The summed E-state index contributed by atoms with van der Waals surface area (Å²) in [5, 5.41) is 9.08. The third-order valence-corrected chi connectivity index (χ3v) is 6.16. The molecule has 1 aromatic rings. The summed E-state index contributed by atoms with van der Waals surface area (Å²) in [6.07, 6.45) is 1.80. The molecule has 1 saturated carbocycles. The Morgan fingerprint density at radius 2 is 2.15 bits per heavy atom. The van der Waals surface area contributed by atoms with Gasteiger partial charge < -0.3 is 9.84 Å². The number of methoxy groups -OCH3 is 1. The van der Waals surface area contributed by atoms with Crippen LogP contribution in [-0.2, 0) is 21.4 Å². The highest BCUT2D eigenvalue weighted by Crippen LogP contribution is 2.34. The molecule has 0 bridgehead atoms. The van der Waals surface area contributed by atoms with Crippen molar-refractivity contribution in [1.82, 2.24) is 4.31 Å². The third kappa shape index (κ3) is 3.40. The SMILES string of the molecule is COCCN(C1CC1)S(=O)(=O)c1ccc(CO)cc1Br. The van der Waals surface area contributed by atoms with E-state index in [9.17, 15) is 8.42 Å². The van der Waals surface area contributed by atoms with Crippen LogP contribution in [0.4, 0.5) is 0 Å². The minimum atomic E-state index is -3.54. The maximum Gasteiger partial charge on any atom is 0.244 e. The average Bonchev–Trinajstić information content (AvgIpc) is 3.23. The van der Waals surface area contributed by atoms with E-state index in [1.807, 2.05) is 0 Å². The fraction of sp³-hybridized carbons (Fsp3) is 0.538. The first-order valence-electron chi connectivity index (χ1n) is 6.40. The van der Waals surface area contributed by atoms with Crippen molar-refractivity contribution in [2.45, 2.75) is 30.4 Å². The maximum absolute atomic E-state index is 12.7. The van der Waals surface area contributed by atoms with Crippen molar-refractivity contribution in [3.8, 4) is 0 Å². The topological polar surface area (TPSA) is 66.8 Å². The molecule has 0 unspecified atom stereocenters. The Labute approximate surface area is 127 Å². The lowest BCUT2D eigenvalue weighted by atomic mass is 10.2. The molecule has 0 saturated heterocycles. The van der Waals surface area contributed by atoms with Crippen molar-refractivity contribution in [2.75, 3.05) is 20.3 Å². The molecular formula is C13H18BrNO4S. The number of ether oxygens (including phenoxy) is 1. The van der Waals surface area contributed by atoms with Crippen molar-refractivity contribution < 1.29 is 18.3 Å². The number of hydrogen-bond donors (Lipinski definition) is 1. The number of aliphatic hydroxyl groups excluding tert-OH is 1. The highest BCUT2D eigenvalue weighted by molar-refractivity contribution is 9.10. The minimum absolute atomic E-state index is 0.0829. The van der Waals surface area contributed by atoms with E-state index >= 15 is 0 Å². The molecule has 0 radical (unpaired) electrons. The van der Waals surface area contributed by atoms with Crippen LogP contribution in [0, 0.1) is 0 Å². The normalized spacial score (nSPS) is 15.8. The first-order valence-corrected chi connectivity index (χ1v) is 8.64. The van der Waals surface area contributed by atoms with E-state index < -0.39 is 10.0 Å². The van der Waals surface area contributed by atoms with Crippen LogP contribution in [0.5, 0.6) is 0 Å². The standard InChI is InChI=1S/C13H18BrNO4S/c1-19-7-6-15(11-3-4-11)20(17,18)13-5-2-10(9-16)8-12(13)14/h2,5,8,11,16H,3-4,6-7,9H2,1H3. The summed E-state index contributed by atoms with van der Waals surface area (Å²) in [5.74, 6) is 0. The van der Waals surface area contributed by atoms with Gasteiger partial charge in [-0.05, 0) is 46.5 Å². The first-order chi connectivity index (χ1) is 9.50. The van der Waals surface area contributed by atoms with Gasteiger partial charge in [-0.3, -0.25) is 0 Å². The number of halogens is 1. The zero-order valence-electron chi connectivity index (χ0n) is 11.3. The number of benzene rings is 1. The lowest BCUT2D eigenvalue weighted by Gasteiger charge is -2.22. The fourth-order valence-electron chi connectivity index (χ4n) is 2.02. The minimum Gasteiger partial charge on any atom is -0.392 e. The molecule has 0 heterocycles. The van der Waals surface area contributed by atoms with Crippen LogP contribution in [0.25, 0.3) is 0 Å². The van der Waals surface area contributed by atoms with Crippen molar-refractivity contribution in [3.63, 3.8) is 0 Å². The molecule has 7 heteroatoms. The second-order valence-corrected chi connectivity index (χ2v) is 7.48. The molecule has 1 aliphatic rings. The van der Waals surface area contributed by atoms with Gasteiger partial charge >= 0.3 is 0 Å². The largest absolute Gasteiger partial charge is 0.392 e. The summed E-state index contributed by atoms with van der Waals surface area (Å²) in [6.45, 7) is 0.620. The van der Waals surface area contributed by atoms with Gasteiger partial charge in [0, 0.05) is 24.2 Å². The van der Waals surface area contributed by atoms with Crippen molar-refractivity contribution in [1.29, 1.82) is 0 Å². The van der Waals surface area contributed by atoms with Crippen LogP contribution in [-0.4, -0.2) is 44.1 Å². The molecule has 1 aromatic carbocycles. The van der Waals surface area contributed by atoms with Gasteiger partial charge in [-0.25, -0.2) is 8.42 Å². The first kappa shape index (κ1) is 15.9. The molecule has 0 amide bonds. The second-order valence-electron chi connectivity index (χ2n) is 4.76. The predicted octanol–water partition coefficient (Wildman–Crippen LogP) is 1.74. The van der Waals surface area contributed by atoms with Crippen LogP contribution in [0.1, 0.15) is 18.4 Å².